The van der Waals surface area contributed by atoms with Crippen molar-refractivity contribution in [3.63, 3.8) is 0 Å². The molecule has 0 saturated carbocycles. The highest BCUT2D eigenvalue weighted by Gasteiger charge is 2.23. The van der Waals surface area contributed by atoms with Crippen LogP contribution in [0.1, 0.15) is 23.5 Å². The first-order chi connectivity index (χ1) is 18.1. The molecule has 0 N–H and O–H groups in total. The van der Waals surface area contributed by atoms with Crippen LogP contribution in [0.5, 0.6) is 5.88 Å². The maximum atomic E-state index is 13.3. The summed E-state index contributed by atoms with van der Waals surface area (Å²) in [7, 11) is 1.57. The maximum absolute atomic E-state index is 13.3. The van der Waals surface area contributed by atoms with Gasteiger partial charge in [0.15, 0.2) is 5.65 Å². The van der Waals surface area contributed by atoms with Gasteiger partial charge in [-0.1, -0.05) is 53.2 Å². The van der Waals surface area contributed by atoms with E-state index in [1.807, 2.05) is 48.6 Å². The smallest absolute Gasteiger partial charge is 0.367 e. The van der Waals surface area contributed by atoms with Crippen LogP contribution in [0.25, 0.3) is 28.0 Å². The molecule has 1 aromatic carbocycles. The van der Waals surface area contributed by atoms with Gasteiger partial charge in [-0.05, 0) is 29.7 Å². The van der Waals surface area contributed by atoms with Crippen LogP contribution in [0.2, 0.25) is 0 Å². The Balaban J connectivity index is 1.43. The maximum Gasteiger partial charge on any atom is 0.367 e. The van der Waals surface area contributed by atoms with Crippen molar-refractivity contribution in [2.45, 2.75) is 18.9 Å². The summed E-state index contributed by atoms with van der Waals surface area (Å²) in [5, 5.41) is 13.9. The standard InChI is InChI=1S/C27H21ClN6O3/c1-36-24-11-8-20(14-29-24)25-22(18-6-9-21(28)10-7-18)15-30-34-26(25)31-33(27(34)35)16-17-2-4-19(5-3-17)23-12-13-37-32-23/h2-6,8-15,18H,7,16H2,1H3. The van der Waals surface area contributed by atoms with Crippen LogP contribution in [0, 0.1) is 0 Å². The number of nitrogens with zero attached hydrogens (tertiary/aromatic N) is 6. The normalized spacial score (nSPS) is 15.2. The van der Waals surface area contributed by atoms with E-state index in [1.165, 1.54) is 15.5 Å². The van der Waals surface area contributed by atoms with Crippen LogP contribution in [0.15, 0.2) is 93.7 Å². The Bertz CT molecular complexity index is 1680. The van der Waals surface area contributed by atoms with Gasteiger partial charge in [-0.2, -0.15) is 9.61 Å². The minimum atomic E-state index is -0.327. The van der Waals surface area contributed by atoms with E-state index < -0.39 is 0 Å². The molecule has 0 spiro atoms. The largest absolute Gasteiger partial charge is 0.481 e. The average molecular weight is 513 g/mol. The lowest BCUT2D eigenvalue weighted by atomic mass is 9.88. The zero-order valence-corrected chi connectivity index (χ0v) is 20.5. The number of fused-ring (bicyclic) bond motifs is 1. The van der Waals surface area contributed by atoms with Gasteiger partial charge in [0.05, 0.1) is 19.9 Å². The quantitative estimate of drug-likeness (QED) is 0.321. The highest BCUT2D eigenvalue weighted by atomic mass is 35.5. The fraction of sp³-hybridized carbons (Fsp3) is 0.148. The minimum absolute atomic E-state index is 0.0291. The van der Waals surface area contributed by atoms with Crippen molar-refractivity contribution < 1.29 is 9.26 Å². The van der Waals surface area contributed by atoms with Gasteiger partial charge in [0, 0.05) is 46.0 Å². The van der Waals surface area contributed by atoms with Crippen molar-refractivity contribution in [2.24, 2.45) is 0 Å². The summed E-state index contributed by atoms with van der Waals surface area (Å²) < 4.78 is 12.9. The molecule has 10 heteroatoms. The number of allylic oxidation sites excluding steroid dienone is 4. The lowest BCUT2D eigenvalue weighted by Crippen LogP contribution is -2.23. The van der Waals surface area contributed by atoms with Crippen molar-refractivity contribution >= 4 is 17.2 Å². The van der Waals surface area contributed by atoms with Crippen LogP contribution >= 0.6 is 11.6 Å². The Morgan fingerprint density at radius 2 is 1.95 bits per heavy atom. The second-order valence-corrected chi connectivity index (χ2v) is 9.05. The number of methoxy groups -OCH3 is 1. The zero-order chi connectivity index (χ0) is 25.4. The van der Waals surface area contributed by atoms with Gasteiger partial charge in [-0.15, -0.1) is 5.10 Å². The van der Waals surface area contributed by atoms with Gasteiger partial charge in [-0.3, -0.25) is 0 Å². The van der Waals surface area contributed by atoms with Crippen molar-refractivity contribution in [2.75, 3.05) is 7.11 Å². The minimum Gasteiger partial charge on any atom is -0.481 e. The average Bonchev–Trinajstić information content (AvgIpc) is 3.58. The van der Waals surface area contributed by atoms with E-state index in [2.05, 4.69) is 15.2 Å². The fourth-order valence-electron chi connectivity index (χ4n) is 4.44. The molecule has 4 heterocycles. The Hall–Kier alpha value is -4.50. The molecule has 6 rings (SSSR count). The summed E-state index contributed by atoms with van der Waals surface area (Å²) >= 11 is 6.16. The van der Waals surface area contributed by atoms with Gasteiger partial charge in [-0.25, -0.2) is 14.5 Å². The molecule has 9 nitrogen and oxygen atoms in total. The number of halogens is 1. The molecule has 0 saturated heterocycles. The van der Waals surface area contributed by atoms with Crippen LogP contribution < -0.4 is 10.4 Å². The number of hydrogen-bond acceptors (Lipinski definition) is 7. The van der Waals surface area contributed by atoms with Gasteiger partial charge >= 0.3 is 5.69 Å². The van der Waals surface area contributed by atoms with Gasteiger partial charge in [0.25, 0.3) is 0 Å². The number of pyridine rings is 1. The SMILES string of the molecule is COc1ccc(-c2c(C3C=CC(Cl)=CC3)cnn3c(=O)n(Cc4ccc(-c5ccon5)cc4)nc23)cn1. The van der Waals surface area contributed by atoms with Gasteiger partial charge in [0.2, 0.25) is 5.88 Å². The second-order valence-electron chi connectivity index (χ2n) is 8.61. The van der Waals surface area contributed by atoms with E-state index in [9.17, 15) is 4.79 Å². The lowest BCUT2D eigenvalue weighted by Gasteiger charge is -2.18. The summed E-state index contributed by atoms with van der Waals surface area (Å²) in [5.41, 5.74) is 5.27. The van der Waals surface area contributed by atoms with Gasteiger partial charge in [0.1, 0.15) is 12.0 Å². The molecular weight excluding hydrogens is 492 g/mol. The molecule has 1 atom stereocenters. The number of rotatable bonds is 6. The molecule has 1 aliphatic rings. The van der Waals surface area contributed by atoms with Crippen molar-refractivity contribution in [1.82, 2.24) is 29.5 Å². The van der Waals surface area contributed by atoms with Crippen LogP contribution in [0.3, 0.4) is 0 Å². The third kappa shape index (κ3) is 4.34. The molecule has 184 valence electrons. The summed E-state index contributed by atoms with van der Waals surface area (Å²) in [6, 6.07) is 13.2. The zero-order valence-electron chi connectivity index (χ0n) is 19.8. The molecule has 0 fully saturated rings. The number of benzene rings is 1. The first kappa shape index (κ1) is 22.9. The number of aromatic nitrogens is 6. The molecule has 37 heavy (non-hydrogen) atoms. The van der Waals surface area contributed by atoms with E-state index in [0.717, 1.165) is 33.5 Å². The number of hydrogen-bond donors (Lipinski definition) is 0. The van der Waals surface area contributed by atoms with Crippen molar-refractivity contribution in [3.05, 3.63) is 106 Å². The molecule has 5 aromatic rings. The molecule has 0 radical (unpaired) electrons. The third-order valence-electron chi connectivity index (χ3n) is 6.35. The van der Waals surface area contributed by atoms with Crippen molar-refractivity contribution in [3.8, 4) is 28.3 Å². The van der Waals surface area contributed by atoms with E-state index in [0.29, 0.717) is 29.5 Å². The van der Waals surface area contributed by atoms with E-state index >= 15 is 0 Å². The summed E-state index contributed by atoms with van der Waals surface area (Å²) in [6.45, 7) is 0.290. The topological polar surface area (TPSA) is 100 Å². The lowest BCUT2D eigenvalue weighted by molar-refractivity contribution is 0.398. The first-order valence-electron chi connectivity index (χ1n) is 11.6. The summed E-state index contributed by atoms with van der Waals surface area (Å²) in [6.07, 6.45) is 11.6. The molecule has 1 aliphatic carbocycles. The Kier molecular flexibility index (Phi) is 5.90. The monoisotopic (exact) mass is 512 g/mol. The predicted octanol–water partition coefficient (Wildman–Crippen LogP) is 4.83. The van der Waals surface area contributed by atoms with Crippen molar-refractivity contribution in [1.29, 1.82) is 0 Å². The van der Waals surface area contributed by atoms with Gasteiger partial charge < -0.3 is 9.26 Å². The first-order valence-corrected chi connectivity index (χ1v) is 12.0. The molecular formula is C27H21ClN6O3. The van der Waals surface area contributed by atoms with E-state index in [-0.39, 0.29) is 11.6 Å². The Morgan fingerprint density at radius 1 is 1.11 bits per heavy atom. The summed E-state index contributed by atoms with van der Waals surface area (Å²) in [4.78, 5) is 17.7. The Labute approximate surface area is 216 Å². The molecule has 1 unspecified atom stereocenters. The van der Waals surface area contributed by atoms with Crippen LogP contribution in [-0.4, -0.2) is 36.6 Å². The Morgan fingerprint density at radius 3 is 2.62 bits per heavy atom. The summed E-state index contributed by atoms with van der Waals surface area (Å²) in [5.74, 6) is 0.529. The molecule has 0 amide bonds. The predicted molar refractivity (Wildman–Crippen MR) is 139 cm³/mol. The molecule has 0 bridgehead atoms. The van der Waals surface area contributed by atoms with E-state index in [4.69, 9.17) is 26.0 Å². The van der Waals surface area contributed by atoms with E-state index in [1.54, 1.807) is 31.6 Å². The highest BCUT2D eigenvalue weighted by Crippen LogP contribution is 2.36. The second kappa shape index (κ2) is 9.51. The molecule has 0 aliphatic heterocycles. The van der Waals surface area contributed by atoms with Crippen LogP contribution in [0.4, 0.5) is 0 Å². The fourth-order valence-corrected chi connectivity index (χ4v) is 4.60. The van der Waals surface area contributed by atoms with Crippen LogP contribution in [-0.2, 0) is 6.54 Å². The highest BCUT2D eigenvalue weighted by molar-refractivity contribution is 6.31. The molecule has 4 aromatic heterocycles. The third-order valence-corrected chi connectivity index (χ3v) is 6.63. The number of ether oxygens (including phenoxy) is 1.